The number of hydrogen-bond acceptors (Lipinski definition) is 1. The first-order chi connectivity index (χ1) is 6.32. The zero-order chi connectivity index (χ0) is 10.9. The second-order valence-electron chi connectivity index (χ2n) is 2.87. The highest BCUT2D eigenvalue weighted by molar-refractivity contribution is 6.76. The van der Waals surface area contributed by atoms with Crippen molar-refractivity contribution in [2.45, 2.75) is 6.92 Å². The number of carbonyl (C=O) groups excluding carboxylic acids is 1. The lowest BCUT2D eigenvalue weighted by atomic mass is 9.79. The van der Waals surface area contributed by atoms with Gasteiger partial charge in [-0.2, -0.15) is 0 Å². The predicted molar refractivity (Wildman–Crippen MR) is 50.2 cm³/mol. The number of benzene rings is 1. The third kappa shape index (κ3) is 2.29. The lowest BCUT2D eigenvalue weighted by Gasteiger charge is -2.16. The molecule has 0 radical (unpaired) electrons. The summed E-state index contributed by atoms with van der Waals surface area (Å²) in [6.45, 7) is -3.84. The number of carbonyl (C=O) groups is 1. The van der Waals surface area contributed by atoms with Gasteiger partial charge in [0.15, 0.2) is 5.78 Å². The molecule has 0 fully saturated rings. The van der Waals surface area contributed by atoms with Gasteiger partial charge in [-0.1, -0.05) is 29.2 Å². The topological polar surface area (TPSA) is 17.1 Å². The molecule has 0 N–H and O–H groups in total. The van der Waals surface area contributed by atoms with E-state index in [0.717, 1.165) is 18.2 Å². The smallest absolute Gasteiger partial charge is 0.445 e. The van der Waals surface area contributed by atoms with Crippen molar-refractivity contribution in [2.24, 2.45) is 0 Å². The van der Waals surface area contributed by atoms with Crippen molar-refractivity contribution in [1.82, 2.24) is 0 Å². The maximum absolute atomic E-state index is 12.3. The molecule has 0 aliphatic carbocycles. The molecule has 0 bridgehead atoms. The van der Waals surface area contributed by atoms with Gasteiger partial charge in [0.2, 0.25) is 0 Å². The summed E-state index contributed by atoms with van der Waals surface area (Å²) in [5.74, 6) is -0.312. The summed E-state index contributed by atoms with van der Waals surface area (Å²) in [5.41, 5.74) is -0.685. The first kappa shape index (κ1) is 11.1. The molecule has 0 saturated carbocycles. The summed E-state index contributed by atoms with van der Waals surface area (Å²) in [6.07, 6.45) is 0. The van der Waals surface area contributed by atoms with Crippen LogP contribution in [0.25, 0.3) is 0 Å². The van der Waals surface area contributed by atoms with E-state index in [4.69, 9.17) is 11.6 Å². The molecule has 0 amide bonds. The monoisotopic (exact) mass is 221 g/mol. The van der Waals surface area contributed by atoms with E-state index >= 15 is 0 Å². The number of ketones is 1. The van der Waals surface area contributed by atoms with Gasteiger partial charge in [-0.05, 0) is 13.0 Å². The summed E-state index contributed by atoms with van der Waals surface area (Å²) >= 11 is 5.40. The Morgan fingerprint density at radius 2 is 1.93 bits per heavy atom. The molecule has 0 heterocycles. The van der Waals surface area contributed by atoms with E-state index in [9.17, 15) is 17.7 Å². The van der Waals surface area contributed by atoms with Crippen molar-refractivity contribution in [3.8, 4) is 0 Å². The molecule has 0 spiro atoms. The van der Waals surface area contributed by atoms with Crippen molar-refractivity contribution < 1.29 is 17.7 Å². The zero-order valence-electron chi connectivity index (χ0n) is 7.23. The zero-order valence-corrected chi connectivity index (χ0v) is 7.99. The van der Waals surface area contributed by atoms with Gasteiger partial charge in [-0.25, -0.2) is 0 Å². The Kier molecular flexibility index (Phi) is 2.90. The van der Waals surface area contributed by atoms with Crippen molar-refractivity contribution >= 4 is 29.8 Å². The fourth-order valence-corrected chi connectivity index (χ4v) is 1.32. The molecule has 6 heteroatoms. The largest absolute Gasteiger partial charge is 0.511 e. The van der Waals surface area contributed by atoms with E-state index in [-0.39, 0.29) is 11.3 Å². The van der Waals surface area contributed by atoms with Crippen LogP contribution in [0.4, 0.5) is 12.9 Å². The Morgan fingerprint density at radius 3 is 2.29 bits per heavy atom. The van der Waals surface area contributed by atoms with Crippen LogP contribution in [0.15, 0.2) is 18.2 Å². The van der Waals surface area contributed by atoms with Crippen molar-refractivity contribution in [1.29, 1.82) is 0 Å². The van der Waals surface area contributed by atoms with Gasteiger partial charge >= 0.3 is 6.98 Å². The van der Waals surface area contributed by atoms with E-state index < -0.39 is 17.5 Å². The molecule has 0 aliphatic rings. The minimum Gasteiger partial charge on any atom is -0.445 e. The van der Waals surface area contributed by atoms with Crippen molar-refractivity contribution in [3.05, 3.63) is 28.8 Å². The van der Waals surface area contributed by atoms with E-state index in [1.54, 1.807) is 0 Å². The molecule has 1 nitrogen and oxygen atoms in total. The second-order valence-corrected chi connectivity index (χ2v) is 3.27. The van der Waals surface area contributed by atoms with E-state index in [1.807, 2.05) is 0 Å². The predicted octanol–water partition coefficient (Wildman–Crippen LogP) is 2.60. The van der Waals surface area contributed by atoms with Gasteiger partial charge < -0.3 is 12.9 Å². The van der Waals surface area contributed by atoms with Crippen molar-refractivity contribution in [2.75, 3.05) is 0 Å². The fourth-order valence-electron chi connectivity index (χ4n) is 1.01. The lowest BCUT2D eigenvalue weighted by Crippen LogP contribution is -2.35. The van der Waals surface area contributed by atoms with Gasteiger partial charge in [0, 0.05) is 10.6 Å². The molecule has 1 rings (SSSR count). The summed E-state index contributed by atoms with van der Waals surface area (Å²) in [7, 11) is 0. The molecule has 14 heavy (non-hydrogen) atoms. The highest BCUT2D eigenvalue weighted by Crippen LogP contribution is 2.17. The number of rotatable bonds is 2. The molecule has 0 unspecified atom stereocenters. The normalized spacial score (nSPS) is 11.5. The SMILES string of the molecule is CC(=O)c1ccc([B-](F)(F)F)c(Cl)c1. The van der Waals surface area contributed by atoms with E-state index in [1.165, 1.54) is 6.92 Å². The maximum Gasteiger partial charge on any atom is 0.511 e. The van der Waals surface area contributed by atoms with E-state index in [2.05, 4.69) is 0 Å². The first-order valence-corrected chi connectivity index (χ1v) is 4.20. The summed E-state index contributed by atoms with van der Waals surface area (Å²) in [6, 6.07) is 2.99. The van der Waals surface area contributed by atoms with Crippen LogP contribution in [0.5, 0.6) is 0 Å². The van der Waals surface area contributed by atoms with Gasteiger partial charge in [0.25, 0.3) is 0 Å². The highest BCUT2D eigenvalue weighted by atomic mass is 35.5. The van der Waals surface area contributed by atoms with Gasteiger partial charge in [-0.3, -0.25) is 4.79 Å². The fraction of sp³-hybridized carbons (Fsp3) is 0.125. The molecule has 76 valence electrons. The number of hydrogen-bond donors (Lipinski definition) is 0. The van der Waals surface area contributed by atoms with Gasteiger partial charge in [0.1, 0.15) is 0 Å². The Bertz CT molecular complexity index is 375. The lowest BCUT2D eigenvalue weighted by molar-refractivity contribution is 0.101. The second kappa shape index (κ2) is 3.65. The number of halogens is 4. The molecule has 0 atom stereocenters. The Hall–Kier alpha value is -0.965. The van der Waals surface area contributed by atoms with Crippen LogP contribution < -0.4 is 5.46 Å². The van der Waals surface area contributed by atoms with Crippen LogP contribution in [0.1, 0.15) is 17.3 Å². The summed E-state index contributed by atoms with van der Waals surface area (Å²) in [5, 5.41) is -0.426. The van der Waals surface area contributed by atoms with Gasteiger partial charge in [0.05, 0.1) is 0 Å². The Labute approximate surface area is 83.9 Å². The van der Waals surface area contributed by atoms with Crippen molar-refractivity contribution in [3.63, 3.8) is 0 Å². The third-order valence-corrected chi connectivity index (χ3v) is 2.09. The maximum atomic E-state index is 12.3. The molecule has 1 aromatic carbocycles. The molecular formula is C8H6BClF3O-. The molecule has 1 aromatic rings. The number of Topliss-reactive ketones (excluding diaryl/α,β-unsaturated/α-hetero) is 1. The average Bonchev–Trinajstić information content (AvgIpc) is 2.01. The summed E-state index contributed by atoms with van der Waals surface area (Å²) < 4.78 is 36.8. The minimum atomic E-state index is -5.11. The summed E-state index contributed by atoms with van der Waals surface area (Å²) in [4.78, 5) is 10.8. The van der Waals surface area contributed by atoms with Crippen LogP contribution in [-0.2, 0) is 0 Å². The first-order valence-electron chi connectivity index (χ1n) is 3.82. The van der Waals surface area contributed by atoms with Crippen LogP contribution in [0.3, 0.4) is 0 Å². The van der Waals surface area contributed by atoms with E-state index in [0.29, 0.717) is 0 Å². The standard InChI is InChI=1S/C8H6BClF3O/c1-5(14)6-2-3-7(8(10)4-6)9(11,12)13/h2-4H,1H3/q-1. The highest BCUT2D eigenvalue weighted by Gasteiger charge is 2.28. The minimum absolute atomic E-state index is 0.179. The molecule has 0 aromatic heterocycles. The van der Waals surface area contributed by atoms with Crippen LogP contribution in [0.2, 0.25) is 5.02 Å². The third-order valence-electron chi connectivity index (χ3n) is 1.76. The quantitative estimate of drug-likeness (QED) is 0.554. The Morgan fingerprint density at radius 1 is 1.36 bits per heavy atom. The van der Waals surface area contributed by atoms with Gasteiger partial charge in [-0.15, -0.1) is 0 Å². The van der Waals surface area contributed by atoms with Crippen LogP contribution in [0, 0.1) is 0 Å². The Balaban J connectivity index is 3.21. The molecule has 0 aliphatic heterocycles. The van der Waals surface area contributed by atoms with Crippen LogP contribution >= 0.6 is 11.6 Å². The van der Waals surface area contributed by atoms with Crippen LogP contribution in [-0.4, -0.2) is 12.8 Å². The average molecular weight is 221 g/mol. The molecular weight excluding hydrogens is 215 g/mol. The molecule has 0 saturated heterocycles.